The lowest BCUT2D eigenvalue weighted by Gasteiger charge is -2.21. The molecule has 0 saturated heterocycles. The van der Waals surface area contributed by atoms with Crippen LogP contribution in [-0.2, 0) is 0 Å². The number of fused-ring (bicyclic) bond motifs is 8. The van der Waals surface area contributed by atoms with E-state index in [2.05, 4.69) is 167 Å². The van der Waals surface area contributed by atoms with E-state index < -0.39 is 20.7 Å². The number of hydrogen-bond acceptors (Lipinski definition) is 3. The summed E-state index contributed by atoms with van der Waals surface area (Å²) in [5, 5.41) is 33.9. The maximum atomic E-state index is 11.3. The number of furan rings is 1. The van der Waals surface area contributed by atoms with Crippen LogP contribution in [0, 0.1) is 14.1 Å². The molecule has 3 nitrogen and oxygen atoms in total. The van der Waals surface area contributed by atoms with Crippen LogP contribution < -0.4 is 0 Å². The van der Waals surface area contributed by atoms with E-state index in [1.54, 1.807) is 6.92 Å². The maximum Gasteiger partial charge on any atom is 0.143 e. The molecule has 53 heavy (non-hydrogen) atoms. The fraction of sp³-hybridized carbons (Fsp3) is 0.0208. The van der Waals surface area contributed by atoms with Gasteiger partial charge < -0.3 is 14.6 Å². The molecule has 0 aliphatic carbocycles. The standard InChI is InChI=1S/C48H30I2O3/c1-26-46(51)44(49)43(45(50-2)47(26)52)42-33-19-9-7-17-31(33)40(32-18-8-10-20-34(32)42)36-22-12-24-39-41(36)37-23-11-21-35(48(37)53-39)38-25-27-13-3-4-14-28(27)29-15-5-6-16-30(29)38/h3-25,51-52H,2H2,1H3. The summed E-state index contributed by atoms with van der Waals surface area (Å²) >= 11 is 1.46. The highest BCUT2D eigenvalue weighted by Crippen LogP contribution is 2.52. The van der Waals surface area contributed by atoms with E-state index in [-0.39, 0.29) is 11.5 Å². The van der Waals surface area contributed by atoms with Crippen LogP contribution in [0.3, 0.4) is 0 Å². The summed E-state index contributed by atoms with van der Waals surface area (Å²) in [6.45, 7) is 1.77. The second kappa shape index (κ2) is 12.4. The third-order valence-electron chi connectivity index (χ3n) is 10.7. The van der Waals surface area contributed by atoms with Crippen LogP contribution in [0.4, 0.5) is 0 Å². The van der Waals surface area contributed by atoms with Crippen LogP contribution in [0.25, 0.3) is 98.4 Å². The van der Waals surface area contributed by atoms with Gasteiger partial charge in [-0.05, 0) is 107 Å². The number of benzene rings is 9. The van der Waals surface area contributed by atoms with E-state index in [1.165, 1.54) is 21.5 Å². The van der Waals surface area contributed by atoms with Gasteiger partial charge in [-0.2, -0.15) is 0 Å². The molecule has 0 fully saturated rings. The van der Waals surface area contributed by atoms with Crippen molar-refractivity contribution in [2.45, 2.75) is 6.92 Å². The number of halogens is 2. The SMILES string of the molecule is C=Ic1c(O)c(C)c(O)c(I)c1-c1c2ccccc2c(-c2cccc3oc4c(-c5cc6ccccc6c6ccccc56)cccc4c23)c2ccccc12. The molecule has 2 N–H and O–H groups in total. The molecule has 0 spiro atoms. The zero-order valence-corrected chi connectivity index (χ0v) is 32.9. The second-order valence-corrected chi connectivity index (χ2v) is 16.4. The normalized spacial score (nSPS) is 11.9. The smallest absolute Gasteiger partial charge is 0.143 e. The Labute approximate surface area is 329 Å². The molecule has 10 rings (SSSR count). The first kappa shape index (κ1) is 32.4. The minimum Gasteiger partial charge on any atom is -0.506 e. The molecule has 0 bridgehead atoms. The molecule has 9 aromatic carbocycles. The average Bonchev–Trinajstić information content (AvgIpc) is 3.60. The van der Waals surface area contributed by atoms with Crippen molar-refractivity contribution < 1.29 is 14.6 Å². The monoisotopic (exact) mass is 908 g/mol. The van der Waals surface area contributed by atoms with E-state index in [9.17, 15) is 10.2 Å². The average molecular weight is 909 g/mol. The van der Waals surface area contributed by atoms with E-state index in [0.717, 1.165) is 84.0 Å². The summed E-state index contributed by atoms with van der Waals surface area (Å²) in [6, 6.07) is 49.4. The lowest BCUT2D eigenvalue weighted by atomic mass is 9.84. The minimum atomic E-state index is -0.783. The highest BCUT2D eigenvalue weighted by Gasteiger charge is 2.26. The van der Waals surface area contributed by atoms with Crippen molar-refractivity contribution in [1.29, 1.82) is 0 Å². The summed E-state index contributed by atoms with van der Waals surface area (Å²) in [7, 11) is 0. The van der Waals surface area contributed by atoms with E-state index in [4.69, 9.17) is 4.42 Å². The molecule has 10 aromatic rings. The molecule has 1 aromatic heterocycles. The van der Waals surface area contributed by atoms with Gasteiger partial charge in [0.25, 0.3) is 0 Å². The Kier molecular flexibility index (Phi) is 7.60. The Morgan fingerprint density at radius 3 is 1.75 bits per heavy atom. The van der Waals surface area contributed by atoms with Crippen molar-refractivity contribution in [3.8, 4) is 44.9 Å². The van der Waals surface area contributed by atoms with Crippen LogP contribution in [-0.4, -0.2) is 14.7 Å². The van der Waals surface area contributed by atoms with Crippen LogP contribution >= 0.6 is 43.3 Å². The molecule has 0 amide bonds. The van der Waals surface area contributed by atoms with E-state index in [1.807, 2.05) is 0 Å². The Morgan fingerprint density at radius 2 is 1.08 bits per heavy atom. The van der Waals surface area contributed by atoms with Crippen LogP contribution in [0.2, 0.25) is 0 Å². The first-order valence-electron chi connectivity index (χ1n) is 17.4. The molecular weight excluding hydrogens is 878 g/mol. The number of phenols is 2. The second-order valence-electron chi connectivity index (χ2n) is 13.5. The molecule has 0 radical (unpaired) electrons. The van der Waals surface area contributed by atoms with Gasteiger partial charge in [0.05, 0.1) is 7.14 Å². The third-order valence-corrected chi connectivity index (χ3v) is 13.6. The van der Waals surface area contributed by atoms with Gasteiger partial charge in [0.2, 0.25) is 0 Å². The van der Waals surface area contributed by atoms with E-state index >= 15 is 0 Å². The molecule has 0 aliphatic heterocycles. The molecule has 0 unspecified atom stereocenters. The van der Waals surface area contributed by atoms with Crippen molar-refractivity contribution in [3.63, 3.8) is 0 Å². The lowest BCUT2D eigenvalue weighted by molar-refractivity contribution is 0.439. The first-order chi connectivity index (χ1) is 26.0. The van der Waals surface area contributed by atoms with Crippen LogP contribution in [0.1, 0.15) is 5.56 Å². The van der Waals surface area contributed by atoms with Crippen molar-refractivity contribution in [1.82, 2.24) is 0 Å². The maximum absolute atomic E-state index is 11.3. The fourth-order valence-corrected chi connectivity index (χ4v) is 11.5. The Bertz CT molecular complexity index is 3130. The van der Waals surface area contributed by atoms with Crippen LogP contribution in [0.5, 0.6) is 11.5 Å². The van der Waals surface area contributed by atoms with Gasteiger partial charge in [-0.25, -0.2) is 0 Å². The summed E-state index contributed by atoms with van der Waals surface area (Å²) in [5.41, 5.74) is 8.49. The molecule has 0 atom stereocenters. The molecule has 254 valence electrons. The largest absolute Gasteiger partial charge is 0.506 e. The van der Waals surface area contributed by atoms with Gasteiger partial charge in [-0.15, -0.1) is 0 Å². The minimum absolute atomic E-state index is 0.112. The summed E-state index contributed by atoms with van der Waals surface area (Å²) < 4.78 is 12.8. The summed E-state index contributed by atoms with van der Waals surface area (Å²) in [5.74, 6) is 0.253. The lowest BCUT2D eigenvalue weighted by Crippen LogP contribution is -1.97. The number of phenolic OH excluding ortho intramolecular Hbond substituents is 2. The fourth-order valence-electron chi connectivity index (χ4n) is 8.36. The Balaban J connectivity index is 1.31. The van der Waals surface area contributed by atoms with Gasteiger partial charge in [0.1, 0.15) is 22.7 Å². The molecule has 0 aliphatic rings. The van der Waals surface area contributed by atoms with E-state index in [0.29, 0.717) is 5.56 Å². The van der Waals surface area contributed by atoms with Crippen molar-refractivity contribution >= 4 is 113 Å². The topological polar surface area (TPSA) is 53.6 Å². The summed E-state index contributed by atoms with van der Waals surface area (Å²) in [6.07, 6.45) is 0. The molecule has 1 heterocycles. The van der Waals surface area contributed by atoms with Crippen molar-refractivity contribution in [3.05, 3.63) is 152 Å². The predicted octanol–water partition coefficient (Wildman–Crippen LogP) is 14.1. The zero-order chi connectivity index (χ0) is 36.0. The molecular formula is C48H30I2O3. The van der Waals surface area contributed by atoms with Gasteiger partial charge in [0.15, 0.2) is 0 Å². The van der Waals surface area contributed by atoms with Gasteiger partial charge >= 0.3 is 0 Å². The molecule has 5 heteroatoms. The number of aromatic hydroxyl groups is 2. The van der Waals surface area contributed by atoms with Crippen molar-refractivity contribution in [2.75, 3.05) is 0 Å². The first-order valence-corrected chi connectivity index (χ1v) is 21.1. The third kappa shape index (κ3) is 4.73. The number of rotatable bonds is 4. The quantitative estimate of drug-likeness (QED) is 0.105. The predicted molar refractivity (Wildman–Crippen MR) is 241 cm³/mol. The Hall–Kier alpha value is -5.25. The Morgan fingerprint density at radius 1 is 0.528 bits per heavy atom. The number of para-hydroxylation sites is 1. The highest BCUT2D eigenvalue weighted by molar-refractivity contribution is 14.2. The molecule has 0 saturated carbocycles. The van der Waals surface area contributed by atoms with Gasteiger partial charge in [-0.1, -0.05) is 153 Å². The van der Waals surface area contributed by atoms with Crippen molar-refractivity contribution in [2.24, 2.45) is 0 Å². The van der Waals surface area contributed by atoms with Gasteiger partial charge in [-0.3, -0.25) is 0 Å². The summed E-state index contributed by atoms with van der Waals surface area (Å²) in [4.78, 5) is 0. The zero-order valence-electron chi connectivity index (χ0n) is 28.5. The highest BCUT2D eigenvalue weighted by atomic mass is 127. The van der Waals surface area contributed by atoms with Gasteiger partial charge in [0, 0.05) is 27.5 Å². The van der Waals surface area contributed by atoms with Crippen LogP contribution in [0.15, 0.2) is 144 Å². The number of hydrogen-bond donors (Lipinski definition) is 2.